The summed E-state index contributed by atoms with van der Waals surface area (Å²) in [5.74, 6) is 0.231. The van der Waals surface area contributed by atoms with Gasteiger partial charge in [-0.2, -0.15) is 0 Å². The van der Waals surface area contributed by atoms with E-state index < -0.39 is 23.9 Å². The number of hydrogen-bond acceptors (Lipinski definition) is 5. The lowest BCUT2D eigenvalue weighted by atomic mass is 9.89. The van der Waals surface area contributed by atoms with Gasteiger partial charge < -0.3 is 24.8 Å². The number of hydrogen-bond donors (Lipinski definition) is 3. The summed E-state index contributed by atoms with van der Waals surface area (Å²) in [6, 6.07) is 6.92. The molecule has 5 nitrogen and oxygen atoms in total. The number of phenolic OH excluding ortho intramolecular Hbond substituents is 1. The van der Waals surface area contributed by atoms with E-state index in [1.807, 2.05) is 12.1 Å². The fourth-order valence-electron chi connectivity index (χ4n) is 2.81. The predicted octanol–water partition coefficient (Wildman–Crippen LogP) is 0.214. The van der Waals surface area contributed by atoms with Gasteiger partial charge in [-0.15, -0.1) is 0 Å². The SMILES string of the molecule is Oc1ccc(CC[C@@]2(O)CO[C@@H]3[C@H](O)CO[C@@H]32)cc1. The first-order valence-corrected chi connectivity index (χ1v) is 6.50. The maximum Gasteiger partial charge on any atom is 0.117 e. The number of aromatic hydroxyl groups is 1. The van der Waals surface area contributed by atoms with Crippen LogP contribution in [0.4, 0.5) is 0 Å². The third kappa shape index (κ3) is 2.34. The first kappa shape index (κ1) is 12.9. The first-order chi connectivity index (χ1) is 9.08. The Hall–Kier alpha value is -1.14. The third-order valence-electron chi connectivity index (χ3n) is 3.96. The van der Waals surface area contributed by atoms with Crippen molar-refractivity contribution in [2.45, 2.75) is 36.8 Å². The molecule has 0 unspecified atom stereocenters. The Labute approximate surface area is 111 Å². The number of aliphatic hydroxyl groups excluding tert-OH is 1. The van der Waals surface area contributed by atoms with Crippen LogP contribution < -0.4 is 0 Å². The highest BCUT2D eigenvalue weighted by atomic mass is 16.6. The van der Waals surface area contributed by atoms with Gasteiger partial charge in [0.15, 0.2) is 0 Å². The number of phenols is 1. The van der Waals surface area contributed by atoms with Crippen molar-refractivity contribution in [2.24, 2.45) is 0 Å². The summed E-state index contributed by atoms with van der Waals surface area (Å²) >= 11 is 0. The van der Waals surface area contributed by atoms with Crippen molar-refractivity contribution in [3.63, 3.8) is 0 Å². The zero-order valence-corrected chi connectivity index (χ0v) is 10.5. The van der Waals surface area contributed by atoms with Crippen LogP contribution in [0.1, 0.15) is 12.0 Å². The minimum Gasteiger partial charge on any atom is -0.508 e. The first-order valence-electron chi connectivity index (χ1n) is 6.50. The van der Waals surface area contributed by atoms with Crippen LogP contribution in [0.25, 0.3) is 0 Å². The molecule has 2 aliphatic heterocycles. The number of rotatable bonds is 3. The third-order valence-corrected chi connectivity index (χ3v) is 3.96. The largest absolute Gasteiger partial charge is 0.508 e. The van der Waals surface area contributed by atoms with Crippen molar-refractivity contribution < 1.29 is 24.8 Å². The van der Waals surface area contributed by atoms with E-state index in [9.17, 15) is 15.3 Å². The van der Waals surface area contributed by atoms with Gasteiger partial charge >= 0.3 is 0 Å². The summed E-state index contributed by atoms with van der Waals surface area (Å²) in [6.45, 7) is 0.411. The summed E-state index contributed by atoms with van der Waals surface area (Å²) in [5.41, 5.74) is -0.00624. The molecule has 104 valence electrons. The molecule has 0 aromatic heterocycles. The van der Waals surface area contributed by atoms with Crippen molar-refractivity contribution >= 4 is 0 Å². The minimum absolute atomic E-state index is 0.192. The lowest BCUT2D eigenvalue weighted by Crippen LogP contribution is -2.44. The molecule has 1 aromatic rings. The van der Waals surface area contributed by atoms with E-state index in [4.69, 9.17) is 9.47 Å². The molecule has 0 bridgehead atoms. The van der Waals surface area contributed by atoms with Crippen LogP contribution in [-0.4, -0.2) is 52.4 Å². The van der Waals surface area contributed by atoms with Crippen LogP contribution in [-0.2, 0) is 15.9 Å². The molecular weight excluding hydrogens is 248 g/mol. The fourth-order valence-corrected chi connectivity index (χ4v) is 2.81. The molecule has 5 heteroatoms. The van der Waals surface area contributed by atoms with E-state index in [1.165, 1.54) is 0 Å². The van der Waals surface area contributed by atoms with Crippen molar-refractivity contribution in [1.82, 2.24) is 0 Å². The summed E-state index contributed by atoms with van der Waals surface area (Å²) in [6.07, 6.45) is -0.328. The second-order valence-electron chi connectivity index (χ2n) is 5.37. The van der Waals surface area contributed by atoms with Crippen molar-refractivity contribution in [2.75, 3.05) is 13.2 Å². The van der Waals surface area contributed by atoms with Gasteiger partial charge in [-0.1, -0.05) is 12.1 Å². The van der Waals surface area contributed by atoms with Crippen LogP contribution in [0, 0.1) is 0 Å². The molecule has 0 aliphatic carbocycles. The maximum atomic E-state index is 10.6. The van der Waals surface area contributed by atoms with Crippen LogP contribution >= 0.6 is 0 Å². The van der Waals surface area contributed by atoms with Gasteiger partial charge in [0.25, 0.3) is 0 Å². The number of aryl methyl sites for hydroxylation is 1. The summed E-state index contributed by atoms with van der Waals surface area (Å²) in [4.78, 5) is 0. The molecule has 3 rings (SSSR count). The van der Waals surface area contributed by atoms with Gasteiger partial charge in [0.1, 0.15) is 29.7 Å². The molecule has 0 radical (unpaired) electrons. The topological polar surface area (TPSA) is 79.2 Å². The summed E-state index contributed by atoms with van der Waals surface area (Å²) in [7, 11) is 0. The van der Waals surface area contributed by atoms with E-state index >= 15 is 0 Å². The zero-order valence-electron chi connectivity index (χ0n) is 10.5. The Morgan fingerprint density at radius 1 is 1.21 bits per heavy atom. The second-order valence-corrected chi connectivity index (χ2v) is 5.37. The van der Waals surface area contributed by atoms with Gasteiger partial charge in [0, 0.05) is 0 Å². The maximum absolute atomic E-state index is 10.6. The monoisotopic (exact) mass is 266 g/mol. The number of benzene rings is 1. The number of aliphatic hydroxyl groups is 2. The van der Waals surface area contributed by atoms with Crippen LogP contribution in [0.15, 0.2) is 24.3 Å². The van der Waals surface area contributed by atoms with Crippen molar-refractivity contribution in [1.29, 1.82) is 0 Å². The normalized spacial score (nSPS) is 37.5. The highest BCUT2D eigenvalue weighted by Gasteiger charge is 2.55. The van der Waals surface area contributed by atoms with E-state index in [0.29, 0.717) is 12.8 Å². The van der Waals surface area contributed by atoms with Gasteiger partial charge in [-0.3, -0.25) is 0 Å². The molecule has 2 fully saturated rings. The molecule has 0 spiro atoms. The Morgan fingerprint density at radius 2 is 1.95 bits per heavy atom. The van der Waals surface area contributed by atoms with Gasteiger partial charge in [-0.05, 0) is 30.5 Å². The van der Waals surface area contributed by atoms with Gasteiger partial charge in [-0.25, -0.2) is 0 Å². The molecular formula is C14H18O5. The van der Waals surface area contributed by atoms with E-state index in [-0.39, 0.29) is 19.0 Å². The van der Waals surface area contributed by atoms with Crippen LogP contribution in [0.5, 0.6) is 5.75 Å². The van der Waals surface area contributed by atoms with Gasteiger partial charge in [0.2, 0.25) is 0 Å². The second kappa shape index (κ2) is 4.76. The standard InChI is InChI=1S/C14H18O5/c15-10-3-1-9(2-4-10)5-6-14(17)8-19-12-11(16)7-18-13(12)14/h1-4,11-13,15-17H,5-8H2/t11-,12-,13+,14-/m1/s1. The average molecular weight is 266 g/mol. The van der Waals surface area contributed by atoms with Crippen LogP contribution in [0.3, 0.4) is 0 Å². The van der Waals surface area contributed by atoms with Gasteiger partial charge in [0.05, 0.1) is 13.2 Å². The molecule has 2 aliphatic rings. The van der Waals surface area contributed by atoms with E-state index in [1.54, 1.807) is 12.1 Å². The average Bonchev–Trinajstić information content (AvgIpc) is 2.93. The highest BCUT2D eigenvalue weighted by molar-refractivity contribution is 5.26. The molecule has 1 aromatic carbocycles. The minimum atomic E-state index is -1.04. The molecule has 4 atom stereocenters. The molecule has 0 amide bonds. The zero-order chi connectivity index (χ0) is 13.5. The quantitative estimate of drug-likeness (QED) is 0.729. The number of ether oxygens (including phenoxy) is 2. The lowest BCUT2D eigenvalue weighted by Gasteiger charge is -2.26. The molecule has 3 N–H and O–H groups in total. The summed E-state index contributed by atoms with van der Waals surface area (Å²) < 4.78 is 10.9. The predicted molar refractivity (Wildman–Crippen MR) is 66.9 cm³/mol. The Morgan fingerprint density at radius 3 is 2.68 bits per heavy atom. The summed E-state index contributed by atoms with van der Waals surface area (Å²) in [5, 5.41) is 29.5. The van der Waals surface area contributed by atoms with Crippen LogP contribution in [0.2, 0.25) is 0 Å². The Balaban J connectivity index is 1.65. The van der Waals surface area contributed by atoms with Crippen molar-refractivity contribution in [3.05, 3.63) is 29.8 Å². The molecule has 2 saturated heterocycles. The molecule has 2 heterocycles. The number of fused-ring (bicyclic) bond motifs is 1. The fraction of sp³-hybridized carbons (Fsp3) is 0.571. The Bertz CT molecular complexity index is 446. The van der Waals surface area contributed by atoms with E-state index in [0.717, 1.165) is 5.56 Å². The smallest absolute Gasteiger partial charge is 0.117 e. The molecule has 0 saturated carbocycles. The highest BCUT2D eigenvalue weighted by Crippen LogP contribution is 2.36. The molecule has 19 heavy (non-hydrogen) atoms. The lowest BCUT2D eigenvalue weighted by molar-refractivity contribution is -0.0734. The Kier molecular flexibility index (Phi) is 3.22. The van der Waals surface area contributed by atoms with E-state index in [2.05, 4.69) is 0 Å². The van der Waals surface area contributed by atoms with Crippen molar-refractivity contribution in [3.8, 4) is 5.75 Å².